The Bertz CT molecular complexity index is 623. The van der Waals surface area contributed by atoms with E-state index in [4.69, 9.17) is 10.5 Å². The molecule has 0 saturated heterocycles. The summed E-state index contributed by atoms with van der Waals surface area (Å²) in [6.45, 7) is 0. The summed E-state index contributed by atoms with van der Waals surface area (Å²) < 4.78 is 18.9. The Morgan fingerprint density at radius 2 is 1.84 bits per heavy atom. The lowest BCUT2D eigenvalue weighted by molar-refractivity contribution is 0.1000. The molecule has 0 radical (unpaired) electrons. The number of aldehydes is 1. The quantitative estimate of drug-likeness (QED) is 0.858. The predicted molar refractivity (Wildman–Crippen MR) is 66.8 cm³/mol. The van der Waals surface area contributed by atoms with Gasteiger partial charge in [-0.2, -0.15) is 0 Å². The van der Waals surface area contributed by atoms with E-state index < -0.39 is 11.7 Å². The van der Waals surface area contributed by atoms with Crippen LogP contribution in [0.15, 0.2) is 42.5 Å². The van der Waals surface area contributed by atoms with Crippen LogP contribution in [0.2, 0.25) is 0 Å². The zero-order chi connectivity index (χ0) is 13.8. The van der Waals surface area contributed by atoms with Gasteiger partial charge >= 0.3 is 0 Å². The molecule has 2 rings (SSSR count). The fourth-order valence-electron chi connectivity index (χ4n) is 1.49. The summed E-state index contributed by atoms with van der Waals surface area (Å²) in [6.07, 6.45) is 0.550. The molecule has 5 heteroatoms. The van der Waals surface area contributed by atoms with Crippen LogP contribution in [0.1, 0.15) is 20.7 Å². The average Bonchev–Trinajstić information content (AvgIpc) is 2.41. The Morgan fingerprint density at radius 1 is 1.16 bits per heavy atom. The van der Waals surface area contributed by atoms with E-state index in [0.717, 1.165) is 6.07 Å². The number of primary amides is 1. The van der Waals surface area contributed by atoms with Crippen molar-refractivity contribution in [1.29, 1.82) is 0 Å². The van der Waals surface area contributed by atoms with E-state index in [9.17, 15) is 14.0 Å². The molecule has 19 heavy (non-hydrogen) atoms. The molecule has 0 spiro atoms. The van der Waals surface area contributed by atoms with Crippen LogP contribution >= 0.6 is 0 Å². The highest BCUT2D eigenvalue weighted by Crippen LogP contribution is 2.25. The van der Waals surface area contributed by atoms with Gasteiger partial charge in [0.25, 0.3) is 0 Å². The number of carbonyl (C=O) groups is 2. The van der Waals surface area contributed by atoms with Gasteiger partial charge < -0.3 is 10.5 Å². The van der Waals surface area contributed by atoms with Crippen molar-refractivity contribution in [2.24, 2.45) is 5.73 Å². The Morgan fingerprint density at radius 3 is 2.37 bits per heavy atom. The summed E-state index contributed by atoms with van der Waals surface area (Å²) in [5.41, 5.74) is 5.67. The van der Waals surface area contributed by atoms with Crippen molar-refractivity contribution in [2.75, 3.05) is 0 Å². The van der Waals surface area contributed by atoms with Gasteiger partial charge in [-0.15, -0.1) is 0 Å². The van der Waals surface area contributed by atoms with Gasteiger partial charge in [0.05, 0.1) is 0 Å². The third-order valence-electron chi connectivity index (χ3n) is 2.46. The van der Waals surface area contributed by atoms with Crippen LogP contribution in [-0.2, 0) is 0 Å². The van der Waals surface area contributed by atoms with Gasteiger partial charge in [-0.05, 0) is 42.5 Å². The minimum atomic E-state index is -0.636. The average molecular weight is 259 g/mol. The number of hydrogen-bond acceptors (Lipinski definition) is 3. The minimum absolute atomic E-state index is 0.00238. The molecule has 0 fully saturated rings. The van der Waals surface area contributed by atoms with Gasteiger partial charge in [0.2, 0.25) is 5.91 Å². The first kappa shape index (κ1) is 12.8. The fraction of sp³-hybridized carbons (Fsp3) is 0. The molecule has 0 aromatic heterocycles. The molecule has 0 unspecified atom stereocenters. The third-order valence-corrected chi connectivity index (χ3v) is 2.46. The number of halogens is 1. The van der Waals surface area contributed by atoms with E-state index in [2.05, 4.69) is 0 Å². The second-order valence-electron chi connectivity index (χ2n) is 3.80. The molecular formula is C14H10FNO3. The van der Waals surface area contributed by atoms with Crippen LogP contribution in [-0.4, -0.2) is 12.2 Å². The van der Waals surface area contributed by atoms with Gasteiger partial charge in [-0.1, -0.05) is 0 Å². The summed E-state index contributed by atoms with van der Waals surface area (Å²) in [5.74, 6) is -0.822. The highest BCUT2D eigenvalue weighted by atomic mass is 19.1. The van der Waals surface area contributed by atoms with Crippen molar-refractivity contribution in [3.8, 4) is 11.5 Å². The standard InChI is InChI=1S/C14H10FNO3/c15-12-7-9(8-17)1-6-13(12)19-11-4-2-10(3-5-11)14(16)18/h1-8H,(H2,16,18). The van der Waals surface area contributed by atoms with Gasteiger partial charge in [0.1, 0.15) is 12.0 Å². The van der Waals surface area contributed by atoms with Crippen molar-refractivity contribution in [3.63, 3.8) is 0 Å². The maximum Gasteiger partial charge on any atom is 0.248 e. The third kappa shape index (κ3) is 2.95. The van der Waals surface area contributed by atoms with E-state index in [1.54, 1.807) is 0 Å². The fourth-order valence-corrected chi connectivity index (χ4v) is 1.49. The largest absolute Gasteiger partial charge is 0.454 e. The van der Waals surface area contributed by atoms with Crippen LogP contribution in [0.4, 0.5) is 4.39 Å². The summed E-state index contributed by atoms with van der Waals surface area (Å²) >= 11 is 0. The van der Waals surface area contributed by atoms with Gasteiger partial charge in [-0.3, -0.25) is 9.59 Å². The Hall–Kier alpha value is -2.69. The predicted octanol–water partition coefficient (Wildman–Crippen LogP) is 2.53. The SMILES string of the molecule is NC(=O)c1ccc(Oc2ccc(C=O)cc2F)cc1. The second kappa shape index (κ2) is 5.30. The molecule has 2 aromatic rings. The molecule has 1 amide bonds. The monoisotopic (exact) mass is 259 g/mol. The van der Waals surface area contributed by atoms with Gasteiger partial charge in [0, 0.05) is 11.1 Å². The lowest BCUT2D eigenvalue weighted by Crippen LogP contribution is -2.10. The molecule has 0 atom stereocenters. The smallest absolute Gasteiger partial charge is 0.248 e. The van der Waals surface area contributed by atoms with Crippen molar-refractivity contribution in [2.45, 2.75) is 0 Å². The molecule has 0 aliphatic rings. The number of benzene rings is 2. The molecule has 0 bridgehead atoms. The topological polar surface area (TPSA) is 69.4 Å². The maximum atomic E-state index is 13.6. The van der Waals surface area contributed by atoms with Gasteiger partial charge in [0.15, 0.2) is 11.6 Å². The Balaban J connectivity index is 2.21. The van der Waals surface area contributed by atoms with E-state index in [1.807, 2.05) is 0 Å². The first-order valence-corrected chi connectivity index (χ1v) is 5.42. The lowest BCUT2D eigenvalue weighted by atomic mass is 10.2. The highest BCUT2D eigenvalue weighted by molar-refractivity contribution is 5.92. The number of hydrogen-bond donors (Lipinski definition) is 1. The maximum absolute atomic E-state index is 13.6. The van der Waals surface area contributed by atoms with Crippen LogP contribution in [0.5, 0.6) is 11.5 Å². The number of rotatable bonds is 4. The normalized spacial score (nSPS) is 9.95. The first-order chi connectivity index (χ1) is 9.10. The number of carbonyl (C=O) groups excluding carboxylic acids is 2. The zero-order valence-corrected chi connectivity index (χ0v) is 9.80. The van der Waals surface area contributed by atoms with E-state index in [1.165, 1.54) is 36.4 Å². The molecule has 2 aromatic carbocycles. The molecule has 2 N–H and O–H groups in total. The molecule has 96 valence electrons. The van der Waals surface area contributed by atoms with Gasteiger partial charge in [-0.25, -0.2) is 4.39 Å². The molecule has 0 heterocycles. The lowest BCUT2D eigenvalue weighted by Gasteiger charge is -2.07. The second-order valence-corrected chi connectivity index (χ2v) is 3.80. The van der Waals surface area contributed by atoms with E-state index in [0.29, 0.717) is 17.6 Å². The molecule has 4 nitrogen and oxygen atoms in total. The van der Waals surface area contributed by atoms with E-state index >= 15 is 0 Å². The molecule has 0 aliphatic carbocycles. The van der Waals surface area contributed by atoms with Crippen molar-refractivity contribution in [1.82, 2.24) is 0 Å². The highest BCUT2D eigenvalue weighted by Gasteiger charge is 2.06. The molecule has 0 saturated carbocycles. The molecular weight excluding hydrogens is 249 g/mol. The number of nitrogens with two attached hydrogens (primary N) is 1. The Labute approximate surface area is 108 Å². The summed E-state index contributed by atoms with van der Waals surface area (Å²) in [6, 6.07) is 9.87. The first-order valence-electron chi connectivity index (χ1n) is 5.42. The summed E-state index contributed by atoms with van der Waals surface area (Å²) in [5, 5.41) is 0. The van der Waals surface area contributed by atoms with Crippen molar-refractivity contribution in [3.05, 3.63) is 59.4 Å². The number of ether oxygens (including phenoxy) is 1. The van der Waals surface area contributed by atoms with E-state index in [-0.39, 0.29) is 11.3 Å². The minimum Gasteiger partial charge on any atom is -0.454 e. The number of amides is 1. The summed E-state index contributed by atoms with van der Waals surface area (Å²) in [4.78, 5) is 21.4. The Kier molecular flexibility index (Phi) is 3.56. The van der Waals surface area contributed by atoms with Crippen LogP contribution in [0.25, 0.3) is 0 Å². The summed E-state index contributed by atoms with van der Waals surface area (Å²) in [7, 11) is 0. The van der Waals surface area contributed by atoms with Crippen molar-refractivity contribution >= 4 is 12.2 Å². The van der Waals surface area contributed by atoms with Crippen LogP contribution in [0.3, 0.4) is 0 Å². The molecule has 0 aliphatic heterocycles. The van der Waals surface area contributed by atoms with Crippen LogP contribution in [0, 0.1) is 5.82 Å². The van der Waals surface area contributed by atoms with Crippen molar-refractivity contribution < 1.29 is 18.7 Å². The zero-order valence-electron chi connectivity index (χ0n) is 9.80. The van der Waals surface area contributed by atoms with Crippen LogP contribution < -0.4 is 10.5 Å².